The van der Waals surface area contributed by atoms with E-state index in [1.54, 1.807) is 0 Å². The highest BCUT2D eigenvalue weighted by molar-refractivity contribution is 5.70. The van der Waals surface area contributed by atoms with Crippen molar-refractivity contribution in [2.75, 3.05) is 0 Å². The molecule has 0 N–H and O–H groups in total. The van der Waals surface area contributed by atoms with E-state index in [-0.39, 0.29) is 0 Å². The zero-order valence-electron chi connectivity index (χ0n) is 12.3. The van der Waals surface area contributed by atoms with Crippen LogP contribution < -0.4 is 0 Å². The van der Waals surface area contributed by atoms with Gasteiger partial charge >= 0.3 is 0 Å². The van der Waals surface area contributed by atoms with Crippen molar-refractivity contribution in [3.05, 3.63) is 58.2 Å². The molecule has 0 heteroatoms. The van der Waals surface area contributed by atoms with E-state index < -0.39 is 0 Å². The van der Waals surface area contributed by atoms with Crippen LogP contribution in [0, 0.1) is 13.8 Å². The van der Waals surface area contributed by atoms with E-state index in [1.165, 1.54) is 33.4 Å². The van der Waals surface area contributed by atoms with E-state index in [0.29, 0.717) is 0 Å². The lowest BCUT2D eigenvalue weighted by atomic mass is 9.94. The molecule has 0 saturated heterocycles. The van der Waals surface area contributed by atoms with Crippen LogP contribution in [0.5, 0.6) is 0 Å². The average molecular weight is 240 g/mol. The van der Waals surface area contributed by atoms with Gasteiger partial charge in [-0.15, -0.1) is 0 Å². The van der Waals surface area contributed by atoms with E-state index in [1.807, 2.05) is 6.08 Å². The Morgan fingerprint density at radius 3 is 2.44 bits per heavy atom. The number of allylic oxidation sites excluding steroid dienone is 3. The fourth-order valence-electron chi connectivity index (χ4n) is 2.28. The summed E-state index contributed by atoms with van der Waals surface area (Å²) in [5.74, 6) is 0. The first-order valence-electron chi connectivity index (χ1n) is 6.61. The molecule has 0 unspecified atom stereocenters. The highest BCUT2D eigenvalue weighted by Gasteiger charge is 2.04. The summed E-state index contributed by atoms with van der Waals surface area (Å²) in [7, 11) is 0. The number of benzene rings is 1. The molecule has 1 aromatic rings. The van der Waals surface area contributed by atoms with E-state index in [4.69, 9.17) is 0 Å². The predicted octanol–water partition coefficient (Wildman–Crippen LogP) is 5.71. The smallest absolute Gasteiger partial charge is 0.0160 e. The number of hydrogen-bond donors (Lipinski definition) is 0. The molecule has 96 valence electrons. The lowest BCUT2D eigenvalue weighted by molar-refractivity contribution is 1.11. The average Bonchev–Trinajstić information content (AvgIpc) is 2.34. The molecular weight excluding hydrogens is 216 g/mol. The van der Waals surface area contributed by atoms with Gasteiger partial charge in [-0.2, -0.15) is 0 Å². The minimum Gasteiger partial charge on any atom is -0.0984 e. The molecule has 1 rings (SSSR count). The highest BCUT2D eigenvalue weighted by atomic mass is 14.1. The summed E-state index contributed by atoms with van der Waals surface area (Å²) in [5, 5.41) is 0. The molecule has 0 bridgehead atoms. The van der Waals surface area contributed by atoms with Crippen molar-refractivity contribution in [2.45, 2.75) is 41.0 Å². The van der Waals surface area contributed by atoms with E-state index >= 15 is 0 Å². The molecule has 0 atom stereocenters. The molecule has 1 aromatic carbocycles. The van der Waals surface area contributed by atoms with Crippen LogP contribution in [0.25, 0.3) is 12.2 Å². The van der Waals surface area contributed by atoms with Crippen molar-refractivity contribution in [1.29, 1.82) is 0 Å². The Bertz CT molecular complexity index is 499. The fourth-order valence-corrected chi connectivity index (χ4v) is 2.28. The van der Waals surface area contributed by atoms with Crippen LogP contribution in [0.3, 0.4) is 0 Å². The van der Waals surface area contributed by atoms with Gasteiger partial charge in [0.1, 0.15) is 0 Å². The quantitative estimate of drug-likeness (QED) is 0.592. The minimum absolute atomic E-state index is 1.06. The van der Waals surface area contributed by atoms with Gasteiger partial charge in [-0.25, -0.2) is 0 Å². The normalized spacial score (nSPS) is 12.7. The van der Waals surface area contributed by atoms with E-state index in [0.717, 1.165) is 6.42 Å². The zero-order chi connectivity index (χ0) is 13.7. The van der Waals surface area contributed by atoms with Gasteiger partial charge in [-0.05, 0) is 56.4 Å². The Balaban J connectivity index is 3.41. The highest BCUT2D eigenvalue weighted by Crippen LogP contribution is 2.24. The van der Waals surface area contributed by atoms with Crippen molar-refractivity contribution in [2.24, 2.45) is 0 Å². The van der Waals surface area contributed by atoms with Crippen LogP contribution in [0.1, 0.15) is 49.4 Å². The standard InChI is InChI=1S/C18H24/c1-7-14(5)16(8-2)12-17-11-13(4)10-15(6)18(17)9-3/h7,9-12H,3,8H2,1-2,4-6H3/b14-7+,16-12-. The summed E-state index contributed by atoms with van der Waals surface area (Å²) in [6.45, 7) is 14.7. The lowest BCUT2D eigenvalue weighted by Gasteiger charge is -2.11. The third-order valence-electron chi connectivity index (χ3n) is 3.42. The monoisotopic (exact) mass is 240 g/mol. The molecule has 18 heavy (non-hydrogen) atoms. The first-order valence-corrected chi connectivity index (χ1v) is 6.61. The summed E-state index contributed by atoms with van der Waals surface area (Å²) in [5.41, 5.74) is 7.87. The Labute approximate surface area is 112 Å². The molecule has 0 fully saturated rings. The third-order valence-corrected chi connectivity index (χ3v) is 3.42. The summed E-state index contributed by atoms with van der Waals surface area (Å²) < 4.78 is 0. The first kappa shape index (κ1) is 14.5. The summed E-state index contributed by atoms with van der Waals surface area (Å²) in [6, 6.07) is 4.45. The van der Waals surface area contributed by atoms with Crippen LogP contribution in [0.4, 0.5) is 0 Å². The Hall–Kier alpha value is -1.56. The number of rotatable bonds is 4. The van der Waals surface area contributed by atoms with Gasteiger partial charge in [0.05, 0.1) is 0 Å². The van der Waals surface area contributed by atoms with Crippen LogP contribution in [0.2, 0.25) is 0 Å². The molecule has 0 radical (unpaired) electrons. The number of hydrogen-bond acceptors (Lipinski definition) is 0. The van der Waals surface area contributed by atoms with Crippen LogP contribution in [-0.2, 0) is 0 Å². The molecule has 0 nitrogen and oxygen atoms in total. The largest absolute Gasteiger partial charge is 0.0984 e. The Kier molecular flexibility index (Phi) is 5.15. The second-order valence-corrected chi connectivity index (χ2v) is 4.78. The Morgan fingerprint density at radius 2 is 1.94 bits per heavy atom. The SMILES string of the molecule is C=Cc1c(C)cc(C)cc1/C=C(CC)\C(C)=C\C. The second kappa shape index (κ2) is 6.39. The summed E-state index contributed by atoms with van der Waals surface area (Å²) in [4.78, 5) is 0. The zero-order valence-corrected chi connectivity index (χ0v) is 12.3. The molecule has 0 aliphatic rings. The van der Waals surface area contributed by atoms with Gasteiger partial charge in [0.25, 0.3) is 0 Å². The van der Waals surface area contributed by atoms with Crippen LogP contribution in [-0.4, -0.2) is 0 Å². The predicted molar refractivity (Wildman–Crippen MR) is 83.7 cm³/mol. The molecule has 0 spiro atoms. The lowest BCUT2D eigenvalue weighted by Crippen LogP contribution is -1.91. The maximum atomic E-state index is 3.94. The fraction of sp³-hybridized carbons (Fsp3) is 0.333. The van der Waals surface area contributed by atoms with Gasteiger partial charge in [0, 0.05) is 0 Å². The van der Waals surface area contributed by atoms with Crippen molar-refractivity contribution in [1.82, 2.24) is 0 Å². The van der Waals surface area contributed by atoms with Crippen molar-refractivity contribution < 1.29 is 0 Å². The maximum Gasteiger partial charge on any atom is -0.0160 e. The molecule has 0 aromatic heterocycles. The molecule has 0 heterocycles. The van der Waals surface area contributed by atoms with Crippen molar-refractivity contribution in [3.63, 3.8) is 0 Å². The molecule has 0 amide bonds. The molecule has 0 saturated carbocycles. The topological polar surface area (TPSA) is 0 Å². The maximum absolute atomic E-state index is 3.94. The van der Waals surface area contributed by atoms with Crippen molar-refractivity contribution >= 4 is 12.2 Å². The first-order chi connectivity index (χ1) is 8.53. The van der Waals surface area contributed by atoms with Gasteiger partial charge in [0.15, 0.2) is 0 Å². The molecule has 0 aliphatic carbocycles. The van der Waals surface area contributed by atoms with E-state index in [2.05, 4.69) is 65.5 Å². The van der Waals surface area contributed by atoms with Gasteiger partial charge in [-0.3, -0.25) is 0 Å². The third kappa shape index (κ3) is 3.22. The van der Waals surface area contributed by atoms with E-state index in [9.17, 15) is 0 Å². The molecule has 0 aliphatic heterocycles. The summed E-state index contributed by atoms with van der Waals surface area (Å²) >= 11 is 0. The van der Waals surface area contributed by atoms with Crippen LogP contribution >= 0.6 is 0 Å². The second-order valence-electron chi connectivity index (χ2n) is 4.78. The Morgan fingerprint density at radius 1 is 1.28 bits per heavy atom. The minimum atomic E-state index is 1.06. The van der Waals surface area contributed by atoms with Gasteiger partial charge in [0.2, 0.25) is 0 Å². The molecular formula is C18H24. The summed E-state index contributed by atoms with van der Waals surface area (Å²) in [6.07, 6.45) is 7.48. The van der Waals surface area contributed by atoms with Crippen molar-refractivity contribution in [3.8, 4) is 0 Å². The van der Waals surface area contributed by atoms with Crippen LogP contribution in [0.15, 0.2) is 35.9 Å². The number of aryl methyl sites for hydroxylation is 2. The van der Waals surface area contributed by atoms with Gasteiger partial charge in [-0.1, -0.05) is 55.0 Å². The van der Waals surface area contributed by atoms with Gasteiger partial charge < -0.3 is 0 Å².